The molecule has 0 radical (unpaired) electrons. The minimum absolute atomic E-state index is 0.215. The summed E-state index contributed by atoms with van der Waals surface area (Å²) in [5.74, 6) is 0.377. The Labute approximate surface area is 165 Å². The third kappa shape index (κ3) is 4.69. The van der Waals surface area contributed by atoms with Gasteiger partial charge >= 0.3 is 0 Å². The lowest BCUT2D eigenvalue weighted by molar-refractivity contribution is 0.102. The monoisotopic (exact) mass is 406 g/mol. The van der Waals surface area contributed by atoms with Gasteiger partial charge in [0.25, 0.3) is 5.91 Å². The quantitative estimate of drug-likeness (QED) is 0.824. The van der Waals surface area contributed by atoms with Gasteiger partial charge < -0.3 is 5.32 Å². The summed E-state index contributed by atoms with van der Waals surface area (Å²) in [4.78, 5) is 12.6. The number of hydrogen-bond acceptors (Lipinski definition) is 3. The number of anilines is 1. The average molecular weight is 407 g/mol. The van der Waals surface area contributed by atoms with Crippen LogP contribution in [0, 0.1) is 11.8 Å². The third-order valence-electron chi connectivity index (χ3n) is 4.69. The molecule has 2 aromatic carbocycles. The number of nitrogens with zero attached hydrogens (tertiary/aromatic N) is 1. The van der Waals surface area contributed by atoms with E-state index in [4.69, 9.17) is 11.6 Å². The number of sulfonamides is 1. The fourth-order valence-electron chi connectivity index (χ4n) is 3.47. The van der Waals surface area contributed by atoms with E-state index in [1.807, 2.05) is 0 Å². The van der Waals surface area contributed by atoms with Crippen LogP contribution in [0.3, 0.4) is 0 Å². The number of rotatable bonds is 4. The largest absolute Gasteiger partial charge is 0.322 e. The normalized spacial score (nSPS) is 21.0. The molecule has 1 heterocycles. The Hall–Kier alpha value is -1.89. The zero-order valence-corrected chi connectivity index (χ0v) is 16.9. The molecule has 3 rings (SSSR count). The van der Waals surface area contributed by atoms with Crippen molar-refractivity contribution in [2.24, 2.45) is 11.8 Å². The van der Waals surface area contributed by atoms with Gasteiger partial charge in [-0.05, 0) is 66.8 Å². The molecule has 0 saturated carbocycles. The molecule has 0 spiro atoms. The maximum atomic E-state index is 12.9. The Morgan fingerprint density at radius 1 is 1.00 bits per heavy atom. The number of halogens is 1. The number of amides is 1. The molecule has 144 valence electrons. The molecule has 1 saturated heterocycles. The fourth-order valence-corrected chi connectivity index (χ4v) is 5.27. The first kappa shape index (κ1) is 19.9. The van der Waals surface area contributed by atoms with E-state index in [9.17, 15) is 13.2 Å². The van der Waals surface area contributed by atoms with Gasteiger partial charge in [0.2, 0.25) is 10.0 Å². The summed E-state index contributed by atoms with van der Waals surface area (Å²) in [7, 11) is -3.55. The summed E-state index contributed by atoms with van der Waals surface area (Å²) < 4.78 is 27.3. The minimum atomic E-state index is -3.55. The lowest BCUT2D eigenvalue weighted by Crippen LogP contribution is -2.42. The van der Waals surface area contributed by atoms with Crippen molar-refractivity contribution < 1.29 is 13.2 Å². The van der Waals surface area contributed by atoms with Crippen molar-refractivity contribution in [2.45, 2.75) is 25.2 Å². The van der Waals surface area contributed by atoms with Gasteiger partial charge in [0.1, 0.15) is 0 Å². The summed E-state index contributed by atoms with van der Waals surface area (Å²) >= 11 is 5.83. The second-order valence-electron chi connectivity index (χ2n) is 7.25. The van der Waals surface area contributed by atoms with E-state index in [1.165, 1.54) is 24.3 Å². The van der Waals surface area contributed by atoms with Gasteiger partial charge in [-0.2, -0.15) is 4.31 Å². The molecule has 1 aliphatic heterocycles. The number of benzene rings is 2. The summed E-state index contributed by atoms with van der Waals surface area (Å²) in [6.45, 7) is 5.21. The second-order valence-corrected chi connectivity index (χ2v) is 9.63. The molecule has 0 bridgehead atoms. The standard InChI is InChI=1S/C20H23ClN2O3S/c1-14-11-15(2)13-23(12-14)27(25,26)19-9-3-16(4-10-19)20(24)22-18-7-5-17(21)6-8-18/h3-10,14-15H,11-13H2,1-2H3,(H,22,24)/t14-,15-/m0/s1. The van der Waals surface area contributed by atoms with Crippen molar-refractivity contribution in [1.29, 1.82) is 0 Å². The smallest absolute Gasteiger partial charge is 0.255 e. The van der Waals surface area contributed by atoms with E-state index in [-0.39, 0.29) is 10.8 Å². The predicted octanol–water partition coefficient (Wildman–Crippen LogP) is 4.26. The van der Waals surface area contributed by atoms with Crippen molar-refractivity contribution in [3.05, 3.63) is 59.1 Å². The average Bonchev–Trinajstić information content (AvgIpc) is 2.63. The lowest BCUT2D eigenvalue weighted by atomic mass is 9.94. The Morgan fingerprint density at radius 3 is 2.11 bits per heavy atom. The van der Waals surface area contributed by atoms with Crippen molar-refractivity contribution in [3.63, 3.8) is 0 Å². The highest BCUT2D eigenvalue weighted by Crippen LogP contribution is 2.27. The molecule has 2 aromatic rings. The van der Waals surface area contributed by atoms with Gasteiger partial charge in [0.05, 0.1) is 4.90 Å². The first-order chi connectivity index (χ1) is 12.8. The highest BCUT2D eigenvalue weighted by atomic mass is 35.5. The van der Waals surface area contributed by atoms with Crippen molar-refractivity contribution in [2.75, 3.05) is 18.4 Å². The van der Waals surface area contributed by atoms with Gasteiger partial charge in [-0.3, -0.25) is 4.79 Å². The van der Waals surface area contributed by atoms with Gasteiger partial charge in [-0.1, -0.05) is 25.4 Å². The molecule has 27 heavy (non-hydrogen) atoms. The second kappa shape index (κ2) is 8.00. The predicted molar refractivity (Wildman–Crippen MR) is 108 cm³/mol. The molecular weight excluding hydrogens is 384 g/mol. The Kier molecular flexibility index (Phi) is 5.89. The third-order valence-corrected chi connectivity index (χ3v) is 6.79. The van der Waals surface area contributed by atoms with Gasteiger partial charge in [-0.25, -0.2) is 8.42 Å². The summed E-state index contributed by atoms with van der Waals surface area (Å²) in [6, 6.07) is 12.9. The summed E-state index contributed by atoms with van der Waals surface area (Å²) in [5, 5.41) is 3.35. The number of carbonyl (C=O) groups is 1. The van der Waals surface area contributed by atoms with Crippen molar-refractivity contribution in [1.82, 2.24) is 4.31 Å². The van der Waals surface area contributed by atoms with E-state index in [0.29, 0.717) is 41.2 Å². The molecule has 0 aliphatic carbocycles. The highest BCUT2D eigenvalue weighted by Gasteiger charge is 2.31. The van der Waals surface area contributed by atoms with E-state index >= 15 is 0 Å². The van der Waals surface area contributed by atoms with Crippen LogP contribution in [0.15, 0.2) is 53.4 Å². The van der Waals surface area contributed by atoms with E-state index < -0.39 is 10.0 Å². The van der Waals surface area contributed by atoms with Crippen LogP contribution in [0.4, 0.5) is 5.69 Å². The molecule has 1 aliphatic rings. The van der Waals surface area contributed by atoms with Crippen LogP contribution in [-0.4, -0.2) is 31.7 Å². The Balaban J connectivity index is 1.74. The molecule has 2 atom stereocenters. The van der Waals surface area contributed by atoms with Crippen LogP contribution in [0.2, 0.25) is 5.02 Å². The number of piperidine rings is 1. The van der Waals surface area contributed by atoms with Crippen molar-refractivity contribution >= 4 is 33.2 Å². The van der Waals surface area contributed by atoms with Crippen LogP contribution >= 0.6 is 11.6 Å². The van der Waals surface area contributed by atoms with Crippen LogP contribution in [0.25, 0.3) is 0 Å². The molecule has 1 amide bonds. The molecule has 1 fully saturated rings. The van der Waals surface area contributed by atoms with E-state index in [1.54, 1.807) is 28.6 Å². The summed E-state index contributed by atoms with van der Waals surface area (Å²) in [5.41, 5.74) is 1.02. The van der Waals surface area contributed by atoms with E-state index in [0.717, 1.165) is 6.42 Å². The van der Waals surface area contributed by atoms with Crippen LogP contribution in [0.1, 0.15) is 30.6 Å². The zero-order valence-electron chi connectivity index (χ0n) is 15.4. The van der Waals surface area contributed by atoms with Crippen LogP contribution in [0.5, 0.6) is 0 Å². The van der Waals surface area contributed by atoms with Crippen molar-refractivity contribution in [3.8, 4) is 0 Å². The molecule has 0 aromatic heterocycles. The maximum absolute atomic E-state index is 12.9. The first-order valence-corrected chi connectivity index (χ1v) is 10.7. The lowest BCUT2D eigenvalue weighted by Gasteiger charge is -2.34. The SMILES string of the molecule is C[C@H]1C[C@H](C)CN(S(=O)(=O)c2ccc(C(=O)Nc3ccc(Cl)cc3)cc2)C1. The van der Waals surface area contributed by atoms with Gasteiger partial charge in [-0.15, -0.1) is 0 Å². The topological polar surface area (TPSA) is 66.5 Å². The van der Waals surface area contributed by atoms with E-state index in [2.05, 4.69) is 19.2 Å². The minimum Gasteiger partial charge on any atom is -0.322 e. The molecule has 7 heteroatoms. The van der Waals surface area contributed by atoms with Crippen LogP contribution < -0.4 is 5.32 Å². The zero-order chi connectivity index (χ0) is 19.6. The number of hydrogen-bond donors (Lipinski definition) is 1. The highest BCUT2D eigenvalue weighted by molar-refractivity contribution is 7.89. The Morgan fingerprint density at radius 2 is 1.56 bits per heavy atom. The maximum Gasteiger partial charge on any atom is 0.255 e. The molecule has 1 N–H and O–H groups in total. The number of nitrogens with one attached hydrogen (secondary N) is 1. The van der Waals surface area contributed by atoms with Gasteiger partial charge in [0.15, 0.2) is 0 Å². The molecule has 5 nitrogen and oxygen atoms in total. The van der Waals surface area contributed by atoms with Gasteiger partial charge in [0, 0.05) is 29.4 Å². The number of carbonyl (C=O) groups excluding carboxylic acids is 1. The summed E-state index contributed by atoms with van der Waals surface area (Å²) in [6.07, 6.45) is 1.04. The van der Waals surface area contributed by atoms with Crippen LogP contribution in [-0.2, 0) is 10.0 Å². The Bertz CT molecular complexity index is 901. The first-order valence-electron chi connectivity index (χ1n) is 8.93. The fraction of sp³-hybridized carbons (Fsp3) is 0.350. The molecule has 0 unspecified atom stereocenters. The molecular formula is C20H23ClN2O3S.